The van der Waals surface area contributed by atoms with E-state index in [0.29, 0.717) is 0 Å². The molecule has 0 aromatic carbocycles. The van der Waals surface area contributed by atoms with E-state index >= 15 is 0 Å². The maximum Gasteiger partial charge on any atom is 0.257 e. The van der Waals surface area contributed by atoms with Crippen molar-refractivity contribution in [2.45, 2.75) is 6.17 Å². The number of amides is 1. The third-order valence-corrected chi connectivity index (χ3v) is 2.88. The molecule has 0 aromatic rings. The number of rotatable bonds is 1. The van der Waals surface area contributed by atoms with Gasteiger partial charge in [-0.25, -0.2) is 0 Å². The van der Waals surface area contributed by atoms with Crippen LogP contribution in [0.15, 0.2) is 34.0 Å². The molecule has 19 heavy (non-hydrogen) atoms. The molecule has 1 unspecified atom stereocenters. The molecule has 0 bridgehead atoms. The van der Waals surface area contributed by atoms with Gasteiger partial charge in [-0.2, -0.15) is 0 Å². The molecule has 0 spiro atoms. The first-order chi connectivity index (χ1) is 8.77. The topological polar surface area (TPSA) is 194 Å². The van der Waals surface area contributed by atoms with Gasteiger partial charge in [0.05, 0.1) is 17.0 Å². The highest BCUT2D eigenvalue weighted by Gasteiger charge is 2.38. The smallest absolute Gasteiger partial charge is 0.257 e. The largest absolute Gasteiger partial charge is 0.508 e. The lowest BCUT2D eigenvalue weighted by Gasteiger charge is -2.19. The number of aliphatic hydroxyl groups is 1. The van der Waals surface area contributed by atoms with Crippen LogP contribution in [0.1, 0.15) is 0 Å². The maximum atomic E-state index is 11.7. The highest BCUT2D eigenvalue weighted by atomic mass is 16.3. The normalized spacial score (nSPS) is 24.5. The lowest BCUT2D eigenvalue weighted by molar-refractivity contribution is -0.117. The Balaban J connectivity index is 2.72. The van der Waals surface area contributed by atoms with Crippen LogP contribution in [0.25, 0.3) is 0 Å². The van der Waals surface area contributed by atoms with Gasteiger partial charge in [0.1, 0.15) is 23.3 Å². The average Bonchev–Trinajstić information content (AvgIpc) is 2.61. The van der Waals surface area contributed by atoms with Gasteiger partial charge in [-0.3, -0.25) is 15.0 Å². The Bertz CT molecular complexity index is 627. The predicted octanol–water partition coefficient (Wildman–Crippen LogP) is -2.84. The minimum atomic E-state index is -1.09. The van der Waals surface area contributed by atoms with E-state index in [0.717, 1.165) is 0 Å². The summed E-state index contributed by atoms with van der Waals surface area (Å²) in [5, 5.41) is 19.5. The van der Waals surface area contributed by atoms with E-state index in [1.165, 1.54) is 0 Å². The molecule has 0 aromatic heterocycles. The monoisotopic (exact) mass is 264 g/mol. The van der Waals surface area contributed by atoms with E-state index in [1.807, 2.05) is 0 Å². The summed E-state index contributed by atoms with van der Waals surface area (Å²) in [6, 6.07) is 0. The van der Waals surface area contributed by atoms with Crippen molar-refractivity contribution in [3.63, 3.8) is 0 Å². The summed E-state index contributed by atoms with van der Waals surface area (Å²) < 4.78 is 0. The van der Waals surface area contributed by atoms with Gasteiger partial charge in [-0.05, 0) is 0 Å². The van der Waals surface area contributed by atoms with E-state index in [-0.39, 0.29) is 22.5 Å². The summed E-state index contributed by atoms with van der Waals surface area (Å²) in [7, 11) is 0. The van der Waals surface area contributed by atoms with E-state index in [1.54, 1.807) is 0 Å². The van der Waals surface area contributed by atoms with Gasteiger partial charge < -0.3 is 33.4 Å². The number of carbonyl (C=O) groups is 2. The molecule has 0 saturated heterocycles. The van der Waals surface area contributed by atoms with E-state index in [4.69, 9.17) is 28.3 Å². The van der Waals surface area contributed by atoms with Crippen LogP contribution in [0.2, 0.25) is 0 Å². The number of carbonyl (C=O) groups excluding carboxylic acids is 2. The second-order valence-electron chi connectivity index (χ2n) is 4.03. The summed E-state index contributed by atoms with van der Waals surface area (Å²) >= 11 is 0. The Kier molecular flexibility index (Phi) is 2.56. The number of ketones is 1. The van der Waals surface area contributed by atoms with Crippen molar-refractivity contribution in [2.24, 2.45) is 22.9 Å². The van der Waals surface area contributed by atoms with Crippen LogP contribution in [0, 0.1) is 5.41 Å². The zero-order valence-electron chi connectivity index (χ0n) is 9.65. The van der Waals surface area contributed by atoms with E-state index < -0.39 is 35.0 Å². The average molecular weight is 264 g/mol. The fourth-order valence-corrected chi connectivity index (χ4v) is 1.85. The zero-order chi connectivity index (χ0) is 14.5. The van der Waals surface area contributed by atoms with Crippen LogP contribution in [-0.2, 0) is 9.59 Å². The third kappa shape index (κ3) is 1.56. The summed E-state index contributed by atoms with van der Waals surface area (Å²) in [6.07, 6.45) is -1.09. The predicted molar refractivity (Wildman–Crippen MR) is 65.1 cm³/mol. The van der Waals surface area contributed by atoms with Crippen molar-refractivity contribution < 1.29 is 14.7 Å². The van der Waals surface area contributed by atoms with Gasteiger partial charge in [0.2, 0.25) is 5.78 Å². The second-order valence-corrected chi connectivity index (χ2v) is 4.03. The molecule has 9 nitrogen and oxygen atoms in total. The molecule has 1 amide bonds. The van der Waals surface area contributed by atoms with Crippen molar-refractivity contribution in [3.05, 3.63) is 34.0 Å². The van der Waals surface area contributed by atoms with Crippen LogP contribution in [0.3, 0.4) is 0 Å². The number of aliphatic hydroxyl groups excluding tert-OH is 1. The number of hydrogen-bond acceptors (Lipinski definition) is 8. The SMILES string of the molecule is N=C1C(=O)C(N)=C(N)C(C2=C(O)C(N)NC2=O)=C1N. The minimum absolute atomic E-state index is 0.148. The Hall–Kier alpha value is -2.81. The van der Waals surface area contributed by atoms with Gasteiger partial charge in [-0.15, -0.1) is 0 Å². The van der Waals surface area contributed by atoms with Crippen molar-refractivity contribution in [1.29, 1.82) is 5.41 Å². The Morgan fingerprint density at radius 2 is 1.63 bits per heavy atom. The number of nitrogens with two attached hydrogens (primary N) is 4. The third-order valence-electron chi connectivity index (χ3n) is 2.88. The van der Waals surface area contributed by atoms with E-state index in [9.17, 15) is 14.7 Å². The molecule has 2 rings (SSSR count). The molecule has 0 radical (unpaired) electrons. The van der Waals surface area contributed by atoms with Crippen molar-refractivity contribution in [2.75, 3.05) is 0 Å². The first-order valence-corrected chi connectivity index (χ1v) is 5.16. The van der Waals surface area contributed by atoms with Gasteiger partial charge >= 0.3 is 0 Å². The van der Waals surface area contributed by atoms with Crippen LogP contribution in [0.4, 0.5) is 0 Å². The molecule has 2 aliphatic rings. The maximum absolute atomic E-state index is 11.7. The van der Waals surface area contributed by atoms with Crippen LogP contribution in [0.5, 0.6) is 0 Å². The summed E-state index contributed by atoms with van der Waals surface area (Å²) in [5.74, 6) is -2.01. The quantitative estimate of drug-likeness (QED) is 0.247. The van der Waals surface area contributed by atoms with Crippen LogP contribution in [-0.4, -0.2) is 28.7 Å². The Morgan fingerprint density at radius 1 is 1.05 bits per heavy atom. The highest BCUT2D eigenvalue weighted by molar-refractivity contribution is 6.51. The van der Waals surface area contributed by atoms with E-state index in [2.05, 4.69) is 5.32 Å². The van der Waals surface area contributed by atoms with Gasteiger partial charge in [0, 0.05) is 5.57 Å². The van der Waals surface area contributed by atoms with Gasteiger partial charge in [0.25, 0.3) is 5.91 Å². The number of hydrogen-bond donors (Lipinski definition) is 7. The molecule has 9 heteroatoms. The molecule has 0 fully saturated rings. The summed E-state index contributed by atoms with van der Waals surface area (Å²) in [6.45, 7) is 0. The Labute approximate surface area is 107 Å². The molecule has 1 heterocycles. The van der Waals surface area contributed by atoms with Crippen molar-refractivity contribution >= 4 is 17.4 Å². The molecule has 0 saturated carbocycles. The first kappa shape index (κ1) is 12.6. The Morgan fingerprint density at radius 3 is 2.11 bits per heavy atom. The fraction of sp³-hybridized carbons (Fsp3) is 0.100. The molecule has 100 valence electrons. The molecule has 1 aliphatic carbocycles. The number of nitrogens with one attached hydrogen (secondary N) is 2. The zero-order valence-corrected chi connectivity index (χ0v) is 9.65. The van der Waals surface area contributed by atoms with Crippen molar-refractivity contribution in [3.8, 4) is 0 Å². The number of Topliss-reactive ketones (excluding diaryl/α,β-unsaturated/α-hetero) is 1. The lowest BCUT2D eigenvalue weighted by Crippen LogP contribution is -2.37. The second kappa shape index (κ2) is 3.85. The lowest BCUT2D eigenvalue weighted by atomic mass is 9.90. The molecule has 1 atom stereocenters. The van der Waals surface area contributed by atoms with Crippen LogP contribution >= 0.6 is 0 Å². The summed E-state index contributed by atoms with van der Waals surface area (Å²) in [5.41, 5.74) is 20.2. The number of allylic oxidation sites excluding steroid dienone is 3. The summed E-state index contributed by atoms with van der Waals surface area (Å²) in [4.78, 5) is 23.2. The van der Waals surface area contributed by atoms with Crippen LogP contribution < -0.4 is 28.3 Å². The first-order valence-electron chi connectivity index (χ1n) is 5.16. The molecular formula is C10H12N6O3. The fourth-order valence-electron chi connectivity index (χ4n) is 1.85. The standard InChI is InChI=1S/C10H12N6O3/c11-3-1(2-7(17)9(15)16-10(2)19)4(12)6(14)8(18)5(3)13/h9,13,17H,11-12,14-15H2,(H,16,19). The van der Waals surface area contributed by atoms with Gasteiger partial charge in [-0.1, -0.05) is 0 Å². The minimum Gasteiger partial charge on any atom is -0.508 e. The van der Waals surface area contributed by atoms with Gasteiger partial charge in [0.15, 0.2) is 0 Å². The highest BCUT2D eigenvalue weighted by Crippen LogP contribution is 2.29. The molecule has 11 N–H and O–H groups in total. The molecular weight excluding hydrogens is 252 g/mol. The molecule has 1 aliphatic heterocycles. The van der Waals surface area contributed by atoms with Crippen molar-refractivity contribution in [1.82, 2.24) is 5.32 Å².